The summed E-state index contributed by atoms with van der Waals surface area (Å²) in [5.41, 5.74) is 8.37. The molecule has 0 radical (unpaired) electrons. The molecule has 0 bridgehead atoms. The van der Waals surface area contributed by atoms with E-state index in [1.165, 1.54) is 23.3 Å². The number of hydrogen-bond donors (Lipinski definition) is 1. The molecule has 0 amide bonds. The van der Waals surface area contributed by atoms with Crippen molar-refractivity contribution in [3.63, 3.8) is 0 Å². The number of nitrogens with two attached hydrogens (primary N) is 1. The van der Waals surface area contributed by atoms with Crippen LogP contribution in [0.3, 0.4) is 0 Å². The normalized spacial score (nSPS) is 14.6. The first-order chi connectivity index (χ1) is 8.24. The second-order valence-corrected chi connectivity index (χ2v) is 5.76. The Bertz CT molecular complexity index is 560. The third kappa shape index (κ3) is 1.93. The number of nitrogen functional groups attached to an aromatic ring is 1. The number of thiophene rings is 1. The average molecular weight is 245 g/mol. The fourth-order valence-electron chi connectivity index (χ4n) is 2.29. The summed E-state index contributed by atoms with van der Waals surface area (Å²) in [6.45, 7) is 2.09. The van der Waals surface area contributed by atoms with E-state index in [9.17, 15) is 0 Å². The molecule has 3 nitrogen and oxygen atoms in total. The van der Waals surface area contributed by atoms with Gasteiger partial charge in [-0.1, -0.05) is 0 Å². The zero-order chi connectivity index (χ0) is 11.8. The predicted molar refractivity (Wildman–Crippen MR) is 71.1 cm³/mol. The van der Waals surface area contributed by atoms with Gasteiger partial charge in [0.1, 0.15) is 5.82 Å². The second-order valence-electron chi connectivity index (χ2n) is 4.48. The van der Waals surface area contributed by atoms with E-state index in [0.29, 0.717) is 5.82 Å². The SMILES string of the molecule is Cc1ccc(-c2nc(N)c3c(n2)CCCC3)s1. The van der Waals surface area contributed by atoms with Gasteiger partial charge in [0.25, 0.3) is 0 Å². The van der Waals surface area contributed by atoms with Crippen molar-refractivity contribution in [1.82, 2.24) is 9.97 Å². The number of nitrogens with zero attached hydrogens (tertiary/aromatic N) is 2. The molecule has 0 aromatic carbocycles. The van der Waals surface area contributed by atoms with Crippen LogP contribution < -0.4 is 5.73 Å². The summed E-state index contributed by atoms with van der Waals surface area (Å²) >= 11 is 1.72. The van der Waals surface area contributed by atoms with E-state index in [1.54, 1.807) is 11.3 Å². The molecular formula is C13H15N3S. The van der Waals surface area contributed by atoms with Crippen molar-refractivity contribution in [1.29, 1.82) is 0 Å². The Hall–Kier alpha value is -1.42. The molecule has 2 aromatic rings. The van der Waals surface area contributed by atoms with Crippen molar-refractivity contribution in [3.8, 4) is 10.7 Å². The van der Waals surface area contributed by atoms with E-state index in [0.717, 1.165) is 29.2 Å². The fraction of sp³-hybridized carbons (Fsp3) is 0.385. The van der Waals surface area contributed by atoms with Gasteiger partial charge in [-0.15, -0.1) is 11.3 Å². The van der Waals surface area contributed by atoms with Gasteiger partial charge in [-0.2, -0.15) is 0 Å². The Morgan fingerprint density at radius 3 is 2.76 bits per heavy atom. The van der Waals surface area contributed by atoms with Gasteiger partial charge < -0.3 is 5.73 Å². The van der Waals surface area contributed by atoms with E-state index in [2.05, 4.69) is 29.0 Å². The largest absolute Gasteiger partial charge is 0.383 e. The lowest BCUT2D eigenvalue weighted by Gasteiger charge is -2.16. The Morgan fingerprint density at radius 1 is 1.18 bits per heavy atom. The van der Waals surface area contributed by atoms with Gasteiger partial charge in [0.05, 0.1) is 4.88 Å². The van der Waals surface area contributed by atoms with Crippen LogP contribution in [-0.2, 0) is 12.8 Å². The minimum Gasteiger partial charge on any atom is -0.383 e. The highest BCUT2D eigenvalue weighted by Gasteiger charge is 2.17. The summed E-state index contributed by atoms with van der Waals surface area (Å²) in [5, 5.41) is 0. The van der Waals surface area contributed by atoms with E-state index >= 15 is 0 Å². The molecule has 0 aliphatic heterocycles. The number of aromatic nitrogens is 2. The molecule has 0 saturated heterocycles. The van der Waals surface area contributed by atoms with Gasteiger partial charge in [-0.25, -0.2) is 9.97 Å². The van der Waals surface area contributed by atoms with Crippen LogP contribution in [0.15, 0.2) is 12.1 Å². The molecular weight excluding hydrogens is 230 g/mol. The smallest absolute Gasteiger partial charge is 0.171 e. The third-order valence-electron chi connectivity index (χ3n) is 3.18. The maximum atomic E-state index is 6.04. The zero-order valence-corrected chi connectivity index (χ0v) is 10.7. The highest BCUT2D eigenvalue weighted by molar-refractivity contribution is 7.15. The lowest BCUT2D eigenvalue weighted by Crippen LogP contribution is -2.11. The van der Waals surface area contributed by atoms with Crippen molar-refractivity contribution < 1.29 is 0 Å². The first-order valence-corrected chi connectivity index (χ1v) is 6.78. The van der Waals surface area contributed by atoms with Gasteiger partial charge >= 0.3 is 0 Å². The van der Waals surface area contributed by atoms with Crippen LogP contribution in [0.4, 0.5) is 5.82 Å². The summed E-state index contributed by atoms with van der Waals surface area (Å²) in [5.74, 6) is 1.47. The summed E-state index contributed by atoms with van der Waals surface area (Å²) < 4.78 is 0. The number of rotatable bonds is 1. The minimum atomic E-state index is 0.677. The minimum absolute atomic E-state index is 0.677. The lowest BCUT2D eigenvalue weighted by atomic mass is 9.96. The molecule has 2 aromatic heterocycles. The summed E-state index contributed by atoms with van der Waals surface area (Å²) in [7, 11) is 0. The van der Waals surface area contributed by atoms with Crippen LogP contribution in [-0.4, -0.2) is 9.97 Å². The first-order valence-electron chi connectivity index (χ1n) is 5.96. The van der Waals surface area contributed by atoms with Crippen LogP contribution in [0.5, 0.6) is 0 Å². The standard InChI is InChI=1S/C13H15N3S/c1-8-6-7-11(17-8)13-15-10-5-3-2-4-9(10)12(14)16-13/h6-7H,2-5H2,1H3,(H2,14,15,16). The number of aryl methyl sites for hydroxylation is 2. The molecule has 0 spiro atoms. The van der Waals surface area contributed by atoms with Crippen molar-refractivity contribution >= 4 is 17.2 Å². The number of anilines is 1. The van der Waals surface area contributed by atoms with Gasteiger partial charge in [0.2, 0.25) is 0 Å². The van der Waals surface area contributed by atoms with Crippen LogP contribution >= 0.6 is 11.3 Å². The predicted octanol–water partition coefficient (Wildman–Crippen LogP) is 2.97. The molecule has 3 rings (SSSR count). The third-order valence-corrected chi connectivity index (χ3v) is 4.17. The van der Waals surface area contributed by atoms with Crippen LogP contribution in [0.25, 0.3) is 10.7 Å². The molecule has 0 saturated carbocycles. The Balaban J connectivity index is 2.10. The van der Waals surface area contributed by atoms with Gasteiger partial charge in [0.15, 0.2) is 5.82 Å². The molecule has 0 unspecified atom stereocenters. The van der Waals surface area contributed by atoms with Crippen LogP contribution in [0.2, 0.25) is 0 Å². The number of hydrogen-bond acceptors (Lipinski definition) is 4. The Kier molecular flexibility index (Phi) is 2.59. The van der Waals surface area contributed by atoms with Gasteiger partial charge in [-0.05, 0) is 44.7 Å². The van der Waals surface area contributed by atoms with Crippen molar-refractivity contribution in [2.75, 3.05) is 5.73 Å². The molecule has 1 aliphatic carbocycles. The van der Waals surface area contributed by atoms with Crippen molar-refractivity contribution in [3.05, 3.63) is 28.3 Å². The highest BCUT2D eigenvalue weighted by Crippen LogP contribution is 2.29. The van der Waals surface area contributed by atoms with Crippen LogP contribution in [0.1, 0.15) is 29.0 Å². The Labute approximate surface area is 105 Å². The lowest BCUT2D eigenvalue weighted by molar-refractivity contribution is 0.666. The van der Waals surface area contributed by atoms with E-state index in [4.69, 9.17) is 5.73 Å². The highest BCUT2D eigenvalue weighted by atomic mass is 32.1. The average Bonchev–Trinajstić information content (AvgIpc) is 2.76. The van der Waals surface area contributed by atoms with Crippen molar-refractivity contribution in [2.24, 2.45) is 0 Å². The number of fused-ring (bicyclic) bond motifs is 1. The van der Waals surface area contributed by atoms with E-state index in [1.807, 2.05) is 0 Å². The molecule has 2 N–H and O–H groups in total. The molecule has 88 valence electrons. The molecule has 2 heterocycles. The second kappa shape index (κ2) is 4.11. The maximum Gasteiger partial charge on any atom is 0.171 e. The first kappa shape index (κ1) is 10.7. The van der Waals surface area contributed by atoms with E-state index in [-0.39, 0.29) is 0 Å². The molecule has 0 atom stereocenters. The maximum absolute atomic E-state index is 6.04. The molecule has 0 fully saturated rings. The molecule has 4 heteroatoms. The summed E-state index contributed by atoms with van der Waals surface area (Å²) in [6.07, 6.45) is 4.49. The Morgan fingerprint density at radius 2 is 2.00 bits per heavy atom. The molecule has 17 heavy (non-hydrogen) atoms. The fourth-order valence-corrected chi connectivity index (χ4v) is 3.09. The molecule has 1 aliphatic rings. The zero-order valence-electron chi connectivity index (χ0n) is 9.86. The van der Waals surface area contributed by atoms with Crippen molar-refractivity contribution in [2.45, 2.75) is 32.6 Å². The van der Waals surface area contributed by atoms with Crippen LogP contribution in [0, 0.1) is 6.92 Å². The quantitative estimate of drug-likeness (QED) is 0.840. The van der Waals surface area contributed by atoms with E-state index < -0.39 is 0 Å². The topological polar surface area (TPSA) is 51.8 Å². The monoisotopic (exact) mass is 245 g/mol. The van der Waals surface area contributed by atoms with Gasteiger partial charge in [-0.3, -0.25) is 0 Å². The summed E-state index contributed by atoms with van der Waals surface area (Å²) in [6, 6.07) is 4.17. The summed E-state index contributed by atoms with van der Waals surface area (Å²) in [4.78, 5) is 11.5. The van der Waals surface area contributed by atoms with Gasteiger partial charge in [0, 0.05) is 16.1 Å².